The molecule has 0 spiro atoms. The second-order valence-corrected chi connectivity index (χ2v) is 15.2. The van der Waals surface area contributed by atoms with Gasteiger partial charge in [0, 0.05) is 53.7 Å². The third kappa shape index (κ3) is 5.32. The van der Waals surface area contributed by atoms with Crippen LogP contribution in [0.2, 0.25) is 0 Å². The summed E-state index contributed by atoms with van der Waals surface area (Å²) in [5.41, 5.74) is 11.7. The van der Waals surface area contributed by atoms with Crippen LogP contribution in [0.25, 0.3) is 80.7 Å². The number of hydrogen-bond acceptors (Lipinski definition) is 2. The number of anilines is 3. The lowest BCUT2D eigenvalue weighted by atomic mass is 9.97. The van der Waals surface area contributed by atoms with E-state index in [9.17, 15) is 0 Å². The van der Waals surface area contributed by atoms with E-state index in [-0.39, 0.29) is 0 Å². The fourth-order valence-electron chi connectivity index (χ4n) is 8.38. The average Bonchev–Trinajstić information content (AvgIpc) is 3.79. The highest BCUT2D eigenvalue weighted by atomic mass is 32.1. The van der Waals surface area contributed by atoms with Crippen molar-refractivity contribution < 1.29 is 0 Å². The molecule has 0 fully saturated rings. The van der Waals surface area contributed by atoms with E-state index in [1.54, 1.807) is 0 Å². The van der Waals surface area contributed by atoms with Crippen LogP contribution in [0.15, 0.2) is 206 Å². The number of para-hydroxylation sites is 1. The molecule has 2 nitrogen and oxygen atoms in total. The summed E-state index contributed by atoms with van der Waals surface area (Å²) in [6, 6.07) is 75.2. The van der Waals surface area contributed by atoms with Gasteiger partial charge in [-0.05, 0) is 99.8 Å². The molecule has 11 aromatic rings. The molecule has 0 amide bonds. The van der Waals surface area contributed by atoms with Gasteiger partial charge in [-0.1, -0.05) is 140 Å². The maximum atomic E-state index is 2.44. The highest BCUT2D eigenvalue weighted by molar-refractivity contribution is 7.25. The molecule has 0 saturated heterocycles. The van der Waals surface area contributed by atoms with Crippen LogP contribution in [0.5, 0.6) is 0 Å². The van der Waals surface area contributed by atoms with Crippen molar-refractivity contribution in [3.05, 3.63) is 206 Å². The van der Waals surface area contributed by atoms with Crippen LogP contribution < -0.4 is 4.90 Å². The first kappa shape index (κ1) is 31.6. The van der Waals surface area contributed by atoms with E-state index >= 15 is 0 Å². The summed E-state index contributed by atoms with van der Waals surface area (Å²) in [5.74, 6) is 0. The number of hydrogen-bond donors (Lipinski definition) is 0. The molecular weight excluding hydrogens is 685 g/mol. The molecule has 11 rings (SSSR count). The van der Waals surface area contributed by atoms with Crippen LogP contribution in [0.3, 0.4) is 0 Å². The van der Waals surface area contributed by atoms with Gasteiger partial charge in [0.15, 0.2) is 0 Å². The maximum absolute atomic E-state index is 2.44. The standard InChI is InChI=1S/C52H34N2S/c1-3-12-35(13-4-1)37-24-26-41(27-25-37)53(43-28-30-46-45-18-9-10-21-50(45)55-51(46)34-43)42-29-31-47-49(33-42)54(40-16-5-2-6-17-40)48-20-11-19-44(52(47)48)39-23-22-36-14-7-8-15-38(36)32-39/h1-34H. The number of benzene rings is 9. The van der Waals surface area contributed by atoms with Gasteiger partial charge in [-0.15, -0.1) is 11.3 Å². The van der Waals surface area contributed by atoms with Crippen molar-refractivity contribution in [2.75, 3.05) is 4.90 Å². The van der Waals surface area contributed by atoms with Crippen LogP contribution in [0.4, 0.5) is 17.1 Å². The largest absolute Gasteiger partial charge is 0.310 e. The van der Waals surface area contributed by atoms with Crippen LogP contribution in [0.1, 0.15) is 0 Å². The lowest BCUT2D eigenvalue weighted by molar-refractivity contribution is 1.18. The quantitative estimate of drug-likeness (QED) is 0.166. The molecule has 0 atom stereocenters. The van der Waals surface area contributed by atoms with E-state index in [0.717, 1.165) is 22.7 Å². The minimum Gasteiger partial charge on any atom is -0.310 e. The summed E-state index contributed by atoms with van der Waals surface area (Å²) in [7, 11) is 0. The van der Waals surface area contributed by atoms with E-state index in [1.807, 2.05) is 11.3 Å². The molecule has 0 N–H and O–H groups in total. The third-order valence-corrected chi connectivity index (χ3v) is 12.1. The molecule has 0 saturated carbocycles. The Kier molecular flexibility index (Phi) is 7.39. The van der Waals surface area contributed by atoms with Crippen molar-refractivity contribution >= 4 is 81.1 Å². The Morgan fingerprint density at radius 2 is 1.00 bits per heavy atom. The first-order chi connectivity index (χ1) is 27.3. The average molecular weight is 719 g/mol. The van der Waals surface area contributed by atoms with Gasteiger partial charge in [0.25, 0.3) is 0 Å². The van der Waals surface area contributed by atoms with E-state index < -0.39 is 0 Å². The number of aromatic nitrogens is 1. The summed E-state index contributed by atoms with van der Waals surface area (Å²) < 4.78 is 5.03. The zero-order chi connectivity index (χ0) is 36.3. The summed E-state index contributed by atoms with van der Waals surface area (Å²) >= 11 is 1.86. The van der Waals surface area contributed by atoms with E-state index in [2.05, 4.69) is 216 Å². The molecule has 258 valence electrons. The van der Waals surface area contributed by atoms with Crippen molar-refractivity contribution in [3.8, 4) is 27.9 Å². The zero-order valence-electron chi connectivity index (χ0n) is 29.9. The predicted molar refractivity (Wildman–Crippen MR) is 237 cm³/mol. The fourth-order valence-corrected chi connectivity index (χ4v) is 9.52. The molecule has 9 aromatic carbocycles. The first-order valence-corrected chi connectivity index (χ1v) is 19.6. The molecule has 0 aliphatic rings. The van der Waals surface area contributed by atoms with E-state index in [0.29, 0.717) is 0 Å². The Morgan fingerprint density at radius 3 is 1.84 bits per heavy atom. The molecule has 0 aliphatic heterocycles. The minimum atomic E-state index is 1.10. The van der Waals surface area contributed by atoms with Crippen LogP contribution >= 0.6 is 11.3 Å². The Hall–Kier alpha value is -6.94. The lowest BCUT2D eigenvalue weighted by Crippen LogP contribution is -2.10. The van der Waals surface area contributed by atoms with Gasteiger partial charge in [-0.3, -0.25) is 0 Å². The monoisotopic (exact) mass is 718 g/mol. The molecule has 0 unspecified atom stereocenters. The summed E-state index contributed by atoms with van der Waals surface area (Å²) in [4.78, 5) is 2.41. The van der Waals surface area contributed by atoms with Crippen molar-refractivity contribution in [1.29, 1.82) is 0 Å². The smallest absolute Gasteiger partial charge is 0.0562 e. The highest BCUT2D eigenvalue weighted by Crippen LogP contribution is 2.44. The van der Waals surface area contributed by atoms with Gasteiger partial charge >= 0.3 is 0 Å². The van der Waals surface area contributed by atoms with Gasteiger partial charge in [-0.2, -0.15) is 0 Å². The zero-order valence-corrected chi connectivity index (χ0v) is 30.7. The number of fused-ring (bicyclic) bond motifs is 7. The fraction of sp³-hybridized carbons (Fsp3) is 0. The Bertz CT molecular complexity index is 3190. The number of thiophene rings is 1. The van der Waals surface area contributed by atoms with Crippen molar-refractivity contribution in [3.63, 3.8) is 0 Å². The first-order valence-electron chi connectivity index (χ1n) is 18.8. The topological polar surface area (TPSA) is 8.17 Å². The Balaban J connectivity index is 1.15. The summed E-state index contributed by atoms with van der Waals surface area (Å²) in [6.07, 6.45) is 0. The van der Waals surface area contributed by atoms with Gasteiger partial charge < -0.3 is 9.47 Å². The predicted octanol–water partition coefficient (Wildman–Crippen LogP) is 15.1. The number of rotatable bonds is 6. The molecule has 3 heteroatoms. The van der Waals surface area contributed by atoms with Crippen LogP contribution in [0, 0.1) is 0 Å². The van der Waals surface area contributed by atoms with Crippen molar-refractivity contribution in [1.82, 2.24) is 4.57 Å². The normalized spacial score (nSPS) is 11.6. The van der Waals surface area contributed by atoms with Crippen molar-refractivity contribution in [2.24, 2.45) is 0 Å². The molecule has 0 radical (unpaired) electrons. The van der Waals surface area contributed by atoms with Gasteiger partial charge in [0.1, 0.15) is 0 Å². The summed E-state index contributed by atoms with van der Waals surface area (Å²) in [6.45, 7) is 0. The Labute approximate surface area is 323 Å². The van der Waals surface area contributed by atoms with Gasteiger partial charge in [0.2, 0.25) is 0 Å². The lowest BCUT2D eigenvalue weighted by Gasteiger charge is -2.26. The highest BCUT2D eigenvalue weighted by Gasteiger charge is 2.20. The van der Waals surface area contributed by atoms with Crippen LogP contribution in [-0.4, -0.2) is 4.57 Å². The van der Waals surface area contributed by atoms with Gasteiger partial charge in [-0.25, -0.2) is 0 Å². The third-order valence-electron chi connectivity index (χ3n) is 11.0. The SMILES string of the molecule is c1ccc(-c2ccc(N(c3ccc4c(c3)sc3ccccc34)c3ccc4c5c(-c6ccc7ccccc7c6)cccc5n(-c5ccccc5)c4c3)cc2)cc1. The molecule has 2 aromatic heterocycles. The minimum absolute atomic E-state index is 1.10. The van der Waals surface area contributed by atoms with Crippen LogP contribution in [-0.2, 0) is 0 Å². The van der Waals surface area contributed by atoms with Gasteiger partial charge in [0.05, 0.1) is 11.0 Å². The molecule has 55 heavy (non-hydrogen) atoms. The van der Waals surface area contributed by atoms with Crippen molar-refractivity contribution in [2.45, 2.75) is 0 Å². The second kappa shape index (κ2) is 12.9. The second-order valence-electron chi connectivity index (χ2n) is 14.2. The van der Waals surface area contributed by atoms with E-state index in [1.165, 1.54) is 75.0 Å². The maximum Gasteiger partial charge on any atom is 0.0562 e. The summed E-state index contributed by atoms with van der Waals surface area (Å²) in [5, 5.41) is 7.59. The molecule has 2 heterocycles. The van der Waals surface area contributed by atoms with E-state index in [4.69, 9.17) is 0 Å². The molecular formula is C52H34N2S. The number of nitrogens with zero attached hydrogens (tertiary/aromatic N) is 2. The molecule has 0 bridgehead atoms. The Morgan fingerprint density at radius 1 is 0.364 bits per heavy atom. The molecule has 0 aliphatic carbocycles.